The van der Waals surface area contributed by atoms with Gasteiger partial charge in [-0.3, -0.25) is 4.79 Å². The fourth-order valence-electron chi connectivity index (χ4n) is 1.59. The minimum absolute atomic E-state index is 0.0292. The smallest absolute Gasteiger partial charge is 0.159 e. The molecule has 0 fully saturated rings. The van der Waals surface area contributed by atoms with Crippen molar-refractivity contribution in [1.29, 1.82) is 0 Å². The molecule has 16 heavy (non-hydrogen) atoms. The lowest BCUT2D eigenvalue weighted by atomic mass is 10.0. The van der Waals surface area contributed by atoms with Crippen LogP contribution in [0.1, 0.15) is 17.3 Å². The number of Topliss-reactive ketones (excluding diaryl/α,β-unsaturated/α-hetero) is 1. The van der Waals surface area contributed by atoms with Gasteiger partial charge in [-0.1, -0.05) is 54.1 Å². The molecule has 1 nitrogen and oxygen atoms in total. The molecule has 0 bridgehead atoms. The van der Waals surface area contributed by atoms with Crippen LogP contribution in [0, 0.1) is 0 Å². The van der Waals surface area contributed by atoms with Crippen molar-refractivity contribution in [3.05, 3.63) is 59.1 Å². The van der Waals surface area contributed by atoms with Crippen LogP contribution >= 0.6 is 11.6 Å². The number of halogens is 1. The van der Waals surface area contributed by atoms with E-state index in [2.05, 4.69) is 0 Å². The fourth-order valence-corrected chi connectivity index (χ4v) is 1.88. The fraction of sp³-hybridized carbons (Fsp3) is 0.0714. The van der Waals surface area contributed by atoms with Crippen molar-refractivity contribution < 1.29 is 4.79 Å². The van der Waals surface area contributed by atoms with Crippen LogP contribution in [-0.4, -0.2) is 5.78 Å². The molecule has 2 aromatic carbocycles. The topological polar surface area (TPSA) is 17.1 Å². The van der Waals surface area contributed by atoms with Crippen molar-refractivity contribution in [2.75, 3.05) is 0 Å². The highest BCUT2D eigenvalue weighted by atomic mass is 35.5. The van der Waals surface area contributed by atoms with Crippen molar-refractivity contribution >= 4 is 17.4 Å². The average Bonchev–Trinajstić information content (AvgIpc) is 2.30. The lowest BCUT2D eigenvalue weighted by Gasteiger charge is -2.05. The molecule has 0 radical (unpaired) electrons. The van der Waals surface area contributed by atoms with Crippen molar-refractivity contribution in [3.8, 4) is 11.1 Å². The standard InChI is InChI=1S/C14H11ClO/c1-10(16)12-7-8-13(14(15)9-12)11-5-3-2-4-6-11/h2-9H,1H3. The van der Waals surface area contributed by atoms with Crippen LogP contribution in [0.4, 0.5) is 0 Å². The lowest BCUT2D eigenvalue weighted by Crippen LogP contribution is -1.92. The van der Waals surface area contributed by atoms with Gasteiger partial charge in [-0.2, -0.15) is 0 Å². The summed E-state index contributed by atoms with van der Waals surface area (Å²) in [7, 11) is 0. The monoisotopic (exact) mass is 230 g/mol. The van der Waals surface area contributed by atoms with Crippen LogP contribution < -0.4 is 0 Å². The van der Waals surface area contributed by atoms with Crippen LogP contribution in [-0.2, 0) is 0 Å². The predicted octanol–water partition coefficient (Wildman–Crippen LogP) is 4.21. The highest BCUT2D eigenvalue weighted by molar-refractivity contribution is 6.33. The van der Waals surface area contributed by atoms with Crippen LogP contribution in [0.2, 0.25) is 5.02 Å². The third-order valence-electron chi connectivity index (χ3n) is 2.46. The van der Waals surface area contributed by atoms with E-state index in [4.69, 9.17) is 11.6 Å². The van der Waals surface area contributed by atoms with E-state index in [1.165, 1.54) is 6.92 Å². The quantitative estimate of drug-likeness (QED) is 0.707. The SMILES string of the molecule is CC(=O)c1ccc(-c2ccccc2)c(Cl)c1. The number of carbonyl (C=O) groups excluding carboxylic acids is 1. The Hall–Kier alpha value is -1.60. The molecule has 0 aliphatic heterocycles. The number of hydrogen-bond acceptors (Lipinski definition) is 1. The molecule has 0 unspecified atom stereocenters. The Morgan fingerprint density at radius 1 is 1.06 bits per heavy atom. The normalized spacial score (nSPS) is 10.1. The van der Waals surface area contributed by atoms with E-state index in [9.17, 15) is 4.79 Å². The van der Waals surface area contributed by atoms with Gasteiger partial charge in [-0.25, -0.2) is 0 Å². The summed E-state index contributed by atoms with van der Waals surface area (Å²) in [5.41, 5.74) is 2.65. The Bertz CT molecular complexity index is 518. The Kier molecular flexibility index (Phi) is 3.07. The summed E-state index contributed by atoms with van der Waals surface area (Å²) in [6, 6.07) is 15.3. The molecule has 0 N–H and O–H groups in total. The first-order valence-corrected chi connectivity index (χ1v) is 5.42. The van der Waals surface area contributed by atoms with Crippen LogP contribution in [0.3, 0.4) is 0 Å². The van der Waals surface area contributed by atoms with Gasteiger partial charge in [-0.05, 0) is 18.6 Å². The number of rotatable bonds is 2. The summed E-state index contributed by atoms with van der Waals surface area (Å²) in [5.74, 6) is 0.0292. The predicted molar refractivity (Wildman–Crippen MR) is 66.9 cm³/mol. The molecular formula is C14H11ClO. The maximum atomic E-state index is 11.2. The summed E-state index contributed by atoms with van der Waals surface area (Å²) in [5, 5.41) is 0.610. The molecule has 2 aromatic rings. The Morgan fingerprint density at radius 2 is 1.75 bits per heavy atom. The Morgan fingerprint density at radius 3 is 2.31 bits per heavy atom. The van der Waals surface area contributed by atoms with Crippen molar-refractivity contribution in [2.24, 2.45) is 0 Å². The average molecular weight is 231 g/mol. The summed E-state index contributed by atoms with van der Waals surface area (Å²) in [6.07, 6.45) is 0. The first-order valence-electron chi connectivity index (χ1n) is 5.04. The lowest BCUT2D eigenvalue weighted by molar-refractivity contribution is 0.101. The highest BCUT2D eigenvalue weighted by Crippen LogP contribution is 2.28. The highest BCUT2D eigenvalue weighted by Gasteiger charge is 2.06. The molecule has 2 rings (SSSR count). The van der Waals surface area contributed by atoms with Gasteiger partial charge in [0.1, 0.15) is 0 Å². The minimum atomic E-state index is 0.0292. The van der Waals surface area contributed by atoms with E-state index in [-0.39, 0.29) is 5.78 Å². The third kappa shape index (κ3) is 2.15. The molecule has 0 saturated heterocycles. The van der Waals surface area contributed by atoms with Gasteiger partial charge < -0.3 is 0 Å². The van der Waals surface area contributed by atoms with Gasteiger partial charge in [0.25, 0.3) is 0 Å². The van der Waals surface area contributed by atoms with Gasteiger partial charge in [0.05, 0.1) is 0 Å². The molecule has 0 aromatic heterocycles. The molecule has 0 saturated carbocycles. The molecule has 0 spiro atoms. The van der Waals surface area contributed by atoms with E-state index < -0.39 is 0 Å². The van der Waals surface area contributed by atoms with Gasteiger partial charge in [-0.15, -0.1) is 0 Å². The number of ketones is 1. The van der Waals surface area contributed by atoms with Gasteiger partial charge in [0.15, 0.2) is 5.78 Å². The summed E-state index contributed by atoms with van der Waals surface area (Å²) < 4.78 is 0. The van der Waals surface area contributed by atoms with Crippen LogP contribution in [0.5, 0.6) is 0 Å². The van der Waals surface area contributed by atoms with Gasteiger partial charge in [0.2, 0.25) is 0 Å². The Labute approximate surface area is 99.7 Å². The first kappa shape index (κ1) is 10.9. The zero-order valence-electron chi connectivity index (χ0n) is 8.91. The van der Waals surface area contributed by atoms with Crippen LogP contribution in [0.15, 0.2) is 48.5 Å². The van der Waals surface area contributed by atoms with Gasteiger partial charge in [0, 0.05) is 16.1 Å². The van der Waals surface area contributed by atoms with E-state index >= 15 is 0 Å². The summed E-state index contributed by atoms with van der Waals surface area (Å²) in [4.78, 5) is 11.2. The second kappa shape index (κ2) is 4.50. The van der Waals surface area contributed by atoms with E-state index in [0.29, 0.717) is 10.6 Å². The van der Waals surface area contributed by atoms with E-state index in [0.717, 1.165) is 11.1 Å². The second-order valence-corrected chi connectivity index (χ2v) is 4.02. The largest absolute Gasteiger partial charge is 0.295 e. The Balaban J connectivity index is 2.48. The number of carbonyl (C=O) groups is 1. The van der Waals surface area contributed by atoms with Crippen molar-refractivity contribution in [3.63, 3.8) is 0 Å². The summed E-state index contributed by atoms with van der Waals surface area (Å²) in [6.45, 7) is 1.54. The molecular weight excluding hydrogens is 220 g/mol. The first-order chi connectivity index (χ1) is 7.68. The van der Waals surface area contributed by atoms with E-state index in [1.807, 2.05) is 36.4 Å². The molecule has 0 aliphatic rings. The number of hydrogen-bond donors (Lipinski definition) is 0. The zero-order chi connectivity index (χ0) is 11.5. The molecule has 0 amide bonds. The molecule has 0 heterocycles. The number of benzene rings is 2. The second-order valence-electron chi connectivity index (χ2n) is 3.62. The summed E-state index contributed by atoms with van der Waals surface area (Å²) >= 11 is 6.16. The van der Waals surface area contributed by atoms with Crippen molar-refractivity contribution in [2.45, 2.75) is 6.92 Å². The molecule has 2 heteroatoms. The van der Waals surface area contributed by atoms with Crippen molar-refractivity contribution in [1.82, 2.24) is 0 Å². The van der Waals surface area contributed by atoms with Gasteiger partial charge >= 0.3 is 0 Å². The van der Waals surface area contributed by atoms with Crippen LogP contribution in [0.25, 0.3) is 11.1 Å². The zero-order valence-corrected chi connectivity index (χ0v) is 9.66. The molecule has 0 atom stereocenters. The third-order valence-corrected chi connectivity index (χ3v) is 2.77. The maximum absolute atomic E-state index is 11.2. The minimum Gasteiger partial charge on any atom is -0.295 e. The molecule has 80 valence electrons. The van der Waals surface area contributed by atoms with E-state index in [1.54, 1.807) is 12.1 Å². The maximum Gasteiger partial charge on any atom is 0.159 e. The molecule has 0 aliphatic carbocycles.